The fourth-order valence-corrected chi connectivity index (χ4v) is 3.69. The summed E-state index contributed by atoms with van der Waals surface area (Å²) in [5.41, 5.74) is 1.19. The van der Waals surface area contributed by atoms with E-state index in [1.165, 1.54) is 4.90 Å². The number of carbonyl (C=O) groups is 2. The van der Waals surface area contributed by atoms with Crippen LogP contribution in [-0.2, 0) is 9.59 Å². The smallest absolute Gasteiger partial charge is 0.295 e. The first-order chi connectivity index (χ1) is 15.4. The van der Waals surface area contributed by atoms with Crippen LogP contribution in [0.4, 0.5) is 0 Å². The number of ether oxygens (including phenoxy) is 2. The van der Waals surface area contributed by atoms with Gasteiger partial charge in [-0.3, -0.25) is 9.59 Å². The number of rotatable bonds is 9. The monoisotopic (exact) mass is 438 g/mol. The Morgan fingerprint density at radius 2 is 1.81 bits per heavy atom. The zero-order chi connectivity index (χ0) is 23.3. The summed E-state index contributed by atoms with van der Waals surface area (Å²) in [4.78, 5) is 29.5. The first kappa shape index (κ1) is 23.3. The summed E-state index contributed by atoms with van der Waals surface area (Å²) in [6.45, 7) is 3.47. The van der Waals surface area contributed by atoms with Crippen molar-refractivity contribution in [1.29, 1.82) is 0 Å². The lowest BCUT2D eigenvalue weighted by molar-refractivity contribution is -0.140. The Balaban J connectivity index is 2.11. The summed E-state index contributed by atoms with van der Waals surface area (Å²) in [7, 11) is 5.36. The summed E-state index contributed by atoms with van der Waals surface area (Å²) >= 11 is 0. The molecule has 1 fully saturated rings. The minimum absolute atomic E-state index is 0.0645. The van der Waals surface area contributed by atoms with Crippen molar-refractivity contribution in [2.24, 2.45) is 0 Å². The average Bonchev–Trinajstić information content (AvgIpc) is 3.05. The molecule has 7 heteroatoms. The summed E-state index contributed by atoms with van der Waals surface area (Å²) in [6, 6.07) is 13.4. The maximum Gasteiger partial charge on any atom is 0.295 e. The van der Waals surface area contributed by atoms with E-state index in [0.29, 0.717) is 42.3 Å². The molecule has 1 N–H and O–H groups in total. The van der Waals surface area contributed by atoms with Crippen LogP contribution in [0.25, 0.3) is 5.76 Å². The molecule has 0 saturated carbocycles. The number of carbonyl (C=O) groups excluding carboxylic acids is 2. The van der Waals surface area contributed by atoms with Crippen LogP contribution in [0.15, 0.2) is 54.1 Å². The molecule has 0 bridgehead atoms. The van der Waals surface area contributed by atoms with E-state index < -0.39 is 17.7 Å². The number of methoxy groups -OCH3 is 1. The molecule has 7 nitrogen and oxygen atoms in total. The van der Waals surface area contributed by atoms with Gasteiger partial charge in [-0.15, -0.1) is 0 Å². The number of hydrogen-bond acceptors (Lipinski definition) is 6. The molecule has 32 heavy (non-hydrogen) atoms. The summed E-state index contributed by atoms with van der Waals surface area (Å²) < 4.78 is 11.0. The van der Waals surface area contributed by atoms with Crippen molar-refractivity contribution < 1.29 is 24.2 Å². The average molecular weight is 439 g/mol. The third-order valence-electron chi connectivity index (χ3n) is 5.32. The lowest BCUT2D eigenvalue weighted by Gasteiger charge is -2.26. The summed E-state index contributed by atoms with van der Waals surface area (Å²) in [5.74, 6) is -0.342. The van der Waals surface area contributed by atoms with E-state index in [1.54, 1.807) is 49.6 Å². The minimum atomic E-state index is -0.717. The third-order valence-corrected chi connectivity index (χ3v) is 5.32. The van der Waals surface area contributed by atoms with Gasteiger partial charge in [-0.2, -0.15) is 0 Å². The van der Waals surface area contributed by atoms with E-state index in [-0.39, 0.29) is 11.3 Å². The van der Waals surface area contributed by atoms with E-state index >= 15 is 0 Å². The van der Waals surface area contributed by atoms with Crippen LogP contribution in [0.1, 0.15) is 30.5 Å². The lowest BCUT2D eigenvalue weighted by atomic mass is 9.95. The van der Waals surface area contributed by atoms with E-state index in [4.69, 9.17) is 9.47 Å². The summed E-state index contributed by atoms with van der Waals surface area (Å²) in [6.07, 6.45) is 0.850. The van der Waals surface area contributed by atoms with Gasteiger partial charge in [0.05, 0.1) is 25.3 Å². The van der Waals surface area contributed by atoms with Crippen molar-refractivity contribution in [2.75, 3.05) is 40.9 Å². The van der Waals surface area contributed by atoms with Gasteiger partial charge in [0.15, 0.2) is 0 Å². The number of likely N-dealkylation sites (tertiary alicyclic amines) is 1. The maximum absolute atomic E-state index is 13.1. The Hall–Kier alpha value is -3.32. The molecule has 1 amide bonds. The standard InChI is InChI=1S/C25H30N2O5/c1-5-14-32-20-11-7-9-18(16-20)23(28)21-22(17-8-6-10-19(15-17)31-4)27(13-12-26(2)3)25(30)24(21)29/h6-11,15-16,22,28H,5,12-14H2,1-4H3/b23-21-. The highest BCUT2D eigenvalue weighted by Gasteiger charge is 2.46. The number of amides is 1. The topological polar surface area (TPSA) is 79.3 Å². The normalized spacial score (nSPS) is 17.8. The van der Waals surface area contributed by atoms with Crippen LogP contribution in [0, 0.1) is 0 Å². The van der Waals surface area contributed by atoms with Crippen LogP contribution >= 0.6 is 0 Å². The van der Waals surface area contributed by atoms with Gasteiger partial charge in [-0.05, 0) is 50.3 Å². The number of benzene rings is 2. The first-order valence-electron chi connectivity index (χ1n) is 10.7. The van der Waals surface area contributed by atoms with E-state index in [2.05, 4.69) is 0 Å². The molecule has 1 atom stereocenters. The molecule has 0 spiro atoms. The predicted molar refractivity (Wildman–Crippen MR) is 123 cm³/mol. The van der Waals surface area contributed by atoms with Crippen LogP contribution in [0.3, 0.4) is 0 Å². The number of hydrogen-bond donors (Lipinski definition) is 1. The molecular formula is C25H30N2O5. The highest BCUT2D eigenvalue weighted by Crippen LogP contribution is 2.40. The Kier molecular flexibility index (Phi) is 7.53. The first-order valence-corrected chi connectivity index (χ1v) is 10.7. The van der Waals surface area contributed by atoms with Crippen LogP contribution < -0.4 is 9.47 Å². The van der Waals surface area contributed by atoms with Crippen molar-refractivity contribution in [1.82, 2.24) is 9.80 Å². The Morgan fingerprint density at radius 3 is 2.50 bits per heavy atom. The van der Waals surface area contributed by atoms with Gasteiger partial charge in [0.25, 0.3) is 11.7 Å². The quantitative estimate of drug-likeness (QED) is 0.367. The van der Waals surface area contributed by atoms with Crippen molar-refractivity contribution in [3.05, 3.63) is 65.2 Å². The molecule has 1 heterocycles. The second-order valence-electron chi connectivity index (χ2n) is 7.95. The highest BCUT2D eigenvalue weighted by atomic mass is 16.5. The number of aliphatic hydroxyl groups excluding tert-OH is 1. The molecule has 3 rings (SSSR count). The number of likely N-dealkylation sites (N-methyl/N-ethyl adjacent to an activating group) is 1. The highest BCUT2D eigenvalue weighted by molar-refractivity contribution is 6.46. The molecule has 1 aliphatic rings. The summed E-state index contributed by atoms with van der Waals surface area (Å²) in [5, 5.41) is 11.2. The number of Topliss-reactive ketones (excluding diaryl/α,β-unsaturated/α-hetero) is 1. The SMILES string of the molecule is CCCOc1cccc(/C(O)=C2/C(=O)C(=O)N(CCN(C)C)C2c2cccc(OC)c2)c1. The Bertz CT molecular complexity index is 1010. The van der Waals surface area contributed by atoms with Gasteiger partial charge < -0.3 is 24.4 Å². The predicted octanol–water partition coefficient (Wildman–Crippen LogP) is 3.47. The fourth-order valence-electron chi connectivity index (χ4n) is 3.69. The molecule has 1 aliphatic heterocycles. The van der Waals surface area contributed by atoms with Crippen LogP contribution in [0.5, 0.6) is 11.5 Å². The van der Waals surface area contributed by atoms with E-state index in [9.17, 15) is 14.7 Å². The minimum Gasteiger partial charge on any atom is -0.507 e. The molecular weight excluding hydrogens is 408 g/mol. The largest absolute Gasteiger partial charge is 0.507 e. The maximum atomic E-state index is 13.1. The number of nitrogens with zero attached hydrogens (tertiary/aromatic N) is 2. The fraction of sp³-hybridized carbons (Fsp3) is 0.360. The van der Waals surface area contributed by atoms with Gasteiger partial charge in [0.2, 0.25) is 0 Å². The molecule has 170 valence electrons. The third kappa shape index (κ3) is 4.94. The molecule has 0 radical (unpaired) electrons. The van der Waals surface area contributed by atoms with Crippen molar-refractivity contribution in [3.8, 4) is 11.5 Å². The van der Waals surface area contributed by atoms with Crippen LogP contribution in [0.2, 0.25) is 0 Å². The number of ketones is 1. The molecule has 0 aliphatic carbocycles. The lowest BCUT2D eigenvalue weighted by Crippen LogP contribution is -2.35. The Morgan fingerprint density at radius 1 is 1.09 bits per heavy atom. The van der Waals surface area contributed by atoms with E-state index in [1.807, 2.05) is 32.0 Å². The molecule has 0 aromatic heterocycles. The van der Waals surface area contributed by atoms with E-state index in [0.717, 1.165) is 6.42 Å². The molecule has 1 unspecified atom stereocenters. The molecule has 1 saturated heterocycles. The zero-order valence-electron chi connectivity index (χ0n) is 19.0. The second kappa shape index (κ2) is 10.3. The van der Waals surface area contributed by atoms with Gasteiger partial charge in [0.1, 0.15) is 17.3 Å². The van der Waals surface area contributed by atoms with Crippen molar-refractivity contribution in [2.45, 2.75) is 19.4 Å². The van der Waals surface area contributed by atoms with Crippen LogP contribution in [-0.4, -0.2) is 67.5 Å². The van der Waals surface area contributed by atoms with Crippen molar-refractivity contribution >= 4 is 17.4 Å². The van der Waals surface area contributed by atoms with Gasteiger partial charge >= 0.3 is 0 Å². The zero-order valence-corrected chi connectivity index (χ0v) is 19.0. The molecule has 2 aromatic carbocycles. The Labute approximate surface area is 188 Å². The second-order valence-corrected chi connectivity index (χ2v) is 7.95. The van der Waals surface area contributed by atoms with Gasteiger partial charge in [-0.1, -0.05) is 31.2 Å². The van der Waals surface area contributed by atoms with Gasteiger partial charge in [0, 0.05) is 18.7 Å². The van der Waals surface area contributed by atoms with Crippen molar-refractivity contribution in [3.63, 3.8) is 0 Å². The molecule has 2 aromatic rings. The number of aliphatic hydroxyl groups is 1. The van der Waals surface area contributed by atoms with Gasteiger partial charge in [-0.25, -0.2) is 0 Å².